The van der Waals surface area contributed by atoms with E-state index in [-0.39, 0.29) is 0 Å². The molecule has 0 aromatic carbocycles. The summed E-state index contributed by atoms with van der Waals surface area (Å²) in [6.45, 7) is 4.43. The van der Waals surface area contributed by atoms with Crippen LogP contribution in [0.2, 0.25) is 0 Å². The van der Waals surface area contributed by atoms with E-state index in [0.29, 0.717) is 0 Å². The van der Waals surface area contributed by atoms with Crippen LogP contribution in [0, 0.1) is 12.8 Å². The van der Waals surface area contributed by atoms with Gasteiger partial charge in [0.1, 0.15) is 0 Å². The van der Waals surface area contributed by atoms with Crippen LogP contribution < -0.4 is 5.73 Å². The number of ether oxygens (including phenoxy) is 1. The number of nitrogens with two attached hydrogens (primary N) is 1. The van der Waals surface area contributed by atoms with Gasteiger partial charge in [0, 0.05) is 6.61 Å². The average molecular weight is 209 g/mol. The lowest BCUT2D eigenvalue weighted by molar-refractivity contribution is 0.0639. The van der Waals surface area contributed by atoms with Crippen LogP contribution in [0.4, 0.5) is 5.69 Å². The van der Waals surface area contributed by atoms with Crippen LogP contribution in [0.1, 0.15) is 25.0 Å². The molecule has 4 heteroatoms. The number of anilines is 1. The number of nitrogens with zero attached hydrogens (tertiary/aromatic N) is 2. The van der Waals surface area contributed by atoms with Crippen molar-refractivity contribution >= 4 is 5.69 Å². The lowest BCUT2D eigenvalue weighted by Gasteiger charge is -2.24. The van der Waals surface area contributed by atoms with Crippen LogP contribution in [-0.4, -0.2) is 23.0 Å². The van der Waals surface area contributed by atoms with Crippen LogP contribution in [0.15, 0.2) is 6.20 Å². The van der Waals surface area contributed by atoms with E-state index in [2.05, 4.69) is 5.10 Å². The van der Waals surface area contributed by atoms with E-state index in [1.165, 1.54) is 19.3 Å². The predicted molar refractivity (Wildman–Crippen MR) is 59.5 cm³/mol. The predicted octanol–water partition coefficient (Wildman–Crippen LogP) is 1.59. The molecule has 1 aliphatic rings. The van der Waals surface area contributed by atoms with Crippen molar-refractivity contribution in [3.05, 3.63) is 11.9 Å². The minimum absolute atomic E-state index is 0.735. The van der Waals surface area contributed by atoms with Gasteiger partial charge in [-0.05, 0) is 25.7 Å². The second-order valence-electron chi connectivity index (χ2n) is 4.28. The molecule has 1 aliphatic carbocycles. The van der Waals surface area contributed by atoms with Gasteiger partial charge >= 0.3 is 0 Å². The highest BCUT2D eigenvalue weighted by atomic mass is 16.5. The van der Waals surface area contributed by atoms with Gasteiger partial charge in [0.05, 0.1) is 30.7 Å². The highest BCUT2D eigenvalue weighted by molar-refractivity contribution is 5.39. The Morgan fingerprint density at radius 1 is 1.60 bits per heavy atom. The number of rotatable bonds is 5. The Kier molecular flexibility index (Phi) is 3.26. The molecule has 0 saturated heterocycles. The van der Waals surface area contributed by atoms with Crippen molar-refractivity contribution in [3.63, 3.8) is 0 Å². The Labute approximate surface area is 90.4 Å². The first-order valence-corrected chi connectivity index (χ1v) is 5.63. The van der Waals surface area contributed by atoms with Crippen LogP contribution in [-0.2, 0) is 11.3 Å². The van der Waals surface area contributed by atoms with Gasteiger partial charge in [0.25, 0.3) is 0 Å². The molecule has 2 rings (SSSR count). The Bertz CT molecular complexity index is 318. The fourth-order valence-electron chi connectivity index (χ4n) is 1.75. The standard InChI is InChI=1S/C11H19N3O/c1-9-11(12)7-13-14(9)5-6-15-8-10-3-2-4-10/h7,10H,2-6,8,12H2,1H3. The van der Waals surface area contributed by atoms with Crippen molar-refractivity contribution in [2.24, 2.45) is 5.92 Å². The molecule has 15 heavy (non-hydrogen) atoms. The van der Waals surface area contributed by atoms with E-state index < -0.39 is 0 Å². The maximum absolute atomic E-state index is 5.70. The van der Waals surface area contributed by atoms with Gasteiger partial charge in [0.15, 0.2) is 0 Å². The second-order valence-corrected chi connectivity index (χ2v) is 4.28. The second kappa shape index (κ2) is 4.66. The highest BCUT2D eigenvalue weighted by Gasteiger charge is 2.16. The summed E-state index contributed by atoms with van der Waals surface area (Å²) in [5, 5.41) is 4.18. The molecule has 1 fully saturated rings. The summed E-state index contributed by atoms with van der Waals surface area (Å²) < 4.78 is 7.50. The third-order valence-corrected chi connectivity index (χ3v) is 3.17. The minimum Gasteiger partial charge on any atom is -0.396 e. The van der Waals surface area contributed by atoms with Crippen LogP contribution in [0.5, 0.6) is 0 Å². The summed E-state index contributed by atoms with van der Waals surface area (Å²) in [7, 11) is 0. The molecule has 84 valence electrons. The molecular formula is C11H19N3O. The summed E-state index contributed by atoms with van der Waals surface area (Å²) in [4.78, 5) is 0. The summed E-state index contributed by atoms with van der Waals surface area (Å²) in [5.41, 5.74) is 7.49. The molecule has 1 aromatic rings. The van der Waals surface area contributed by atoms with Gasteiger partial charge in [-0.2, -0.15) is 5.10 Å². The van der Waals surface area contributed by atoms with Gasteiger partial charge in [-0.1, -0.05) is 6.42 Å². The lowest BCUT2D eigenvalue weighted by atomic mass is 9.86. The lowest BCUT2D eigenvalue weighted by Crippen LogP contribution is -2.19. The number of hydrogen-bond acceptors (Lipinski definition) is 3. The van der Waals surface area contributed by atoms with E-state index in [1.807, 2.05) is 11.6 Å². The monoisotopic (exact) mass is 209 g/mol. The van der Waals surface area contributed by atoms with E-state index in [4.69, 9.17) is 10.5 Å². The summed E-state index contributed by atoms with van der Waals surface area (Å²) >= 11 is 0. The molecule has 0 spiro atoms. The van der Waals surface area contributed by atoms with E-state index >= 15 is 0 Å². The summed E-state index contributed by atoms with van der Waals surface area (Å²) in [6, 6.07) is 0. The van der Waals surface area contributed by atoms with Crippen LogP contribution >= 0.6 is 0 Å². The Balaban J connectivity index is 1.66. The molecule has 1 heterocycles. The SMILES string of the molecule is Cc1c(N)cnn1CCOCC1CCC1. The van der Waals surface area contributed by atoms with Gasteiger partial charge in [-0.15, -0.1) is 0 Å². The smallest absolute Gasteiger partial charge is 0.0730 e. The molecule has 0 unspecified atom stereocenters. The first-order valence-electron chi connectivity index (χ1n) is 5.63. The summed E-state index contributed by atoms with van der Waals surface area (Å²) in [5.74, 6) is 0.814. The summed E-state index contributed by atoms with van der Waals surface area (Å²) in [6.07, 6.45) is 5.76. The Morgan fingerprint density at radius 2 is 2.40 bits per heavy atom. The largest absolute Gasteiger partial charge is 0.396 e. The maximum atomic E-state index is 5.70. The molecule has 0 radical (unpaired) electrons. The molecule has 4 nitrogen and oxygen atoms in total. The molecule has 0 aliphatic heterocycles. The van der Waals surface area contributed by atoms with Crippen molar-refractivity contribution in [2.75, 3.05) is 18.9 Å². The van der Waals surface area contributed by atoms with E-state index in [1.54, 1.807) is 6.20 Å². The van der Waals surface area contributed by atoms with Crippen molar-refractivity contribution in [2.45, 2.75) is 32.7 Å². The van der Waals surface area contributed by atoms with Crippen molar-refractivity contribution in [1.82, 2.24) is 9.78 Å². The topological polar surface area (TPSA) is 53.1 Å². The first-order chi connectivity index (χ1) is 7.27. The molecule has 0 bridgehead atoms. The number of nitrogen functional groups attached to an aromatic ring is 1. The van der Waals surface area contributed by atoms with E-state index in [9.17, 15) is 0 Å². The fraction of sp³-hybridized carbons (Fsp3) is 0.727. The third-order valence-electron chi connectivity index (χ3n) is 3.17. The minimum atomic E-state index is 0.735. The normalized spacial score (nSPS) is 16.6. The molecule has 1 aromatic heterocycles. The van der Waals surface area contributed by atoms with Gasteiger partial charge in [0.2, 0.25) is 0 Å². The fourth-order valence-corrected chi connectivity index (χ4v) is 1.75. The van der Waals surface area contributed by atoms with Gasteiger partial charge in [-0.25, -0.2) is 0 Å². The number of hydrogen-bond donors (Lipinski definition) is 1. The molecular weight excluding hydrogens is 190 g/mol. The molecule has 1 saturated carbocycles. The van der Waals surface area contributed by atoms with Gasteiger partial charge in [-0.3, -0.25) is 4.68 Å². The zero-order valence-electron chi connectivity index (χ0n) is 9.28. The Morgan fingerprint density at radius 3 is 2.93 bits per heavy atom. The number of aromatic nitrogens is 2. The Hall–Kier alpha value is -1.03. The molecule has 0 atom stereocenters. The maximum Gasteiger partial charge on any atom is 0.0730 e. The van der Waals surface area contributed by atoms with E-state index in [0.717, 1.165) is 37.1 Å². The van der Waals surface area contributed by atoms with Crippen molar-refractivity contribution in [1.29, 1.82) is 0 Å². The average Bonchev–Trinajstić information content (AvgIpc) is 2.46. The first kappa shape index (κ1) is 10.5. The quantitative estimate of drug-likeness (QED) is 0.749. The molecule has 0 amide bonds. The zero-order chi connectivity index (χ0) is 10.7. The van der Waals surface area contributed by atoms with Crippen LogP contribution in [0.25, 0.3) is 0 Å². The highest BCUT2D eigenvalue weighted by Crippen LogP contribution is 2.26. The zero-order valence-corrected chi connectivity index (χ0v) is 9.28. The third kappa shape index (κ3) is 2.50. The van der Waals surface area contributed by atoms with Gasteiger partial charge < -0.3 is 10.5 Å². The van der Waals surface area contributed by atoms with Crippen molar-refractivity contribution < 1.29 is 4.74 Å². The molecule has 2 N–H and O–H groups in total. The van der Waals surface area contributed by atoms with Crippen molar-refractivity contribution in [3.8, 4) is 0 Å². The van der Waals surface area contributed by atoms with Crippen LogP contribution in [0.3, 0.4) is 0 Å².